The van der Waals surface area contributed by atoms with Crippen LogP contribution in [0.2, 0.25) is 0 Å². The highest BCUT2D eigenvalue weighted by molar-refractivity contribution is 5.67. The summed E-state index contributed by atoms with van der Waals surface area (Å²) >= 11 is 0. The lowest BCUT2D eigenvalue weighted by Crippen LogP contribution is -2.14. The molecule has 0 saturated heterocycles. The zero-order chi connectivity index (χ0) is 17.1. The van der Waals surface area contributed by atoms with E-state index in [0.29, 0.717) is 17.3 Å². The number of pyridine rings is 2. The number of halogens is 1. The predicted octanol–water partition coefficient (Wildman–Crippen LogP) is 3.33. The van der Waals surface area contributed by atoms with Gasteiger partial charge in [0.05, 0.1) is 11.4 Å². The smallest absolute Gasteiger partial charge is 0.258 e. The molecule has 25 heavy (non-hydrogen) atoms. The molecular formula is C19H15FN4O. The monoisotopic (exact) mass is 334 g/mol. The molecule has 0 amide bonds. The van der Waals surface area contributed by atoms with Crippen LogP contribution < -0.4 is 5.56 Å². The fourth-order valence-electron chi connectivity index (χ4n) is 3.31. The van der Waals surface area contributed by atoms with E-state index in [4.69, 9.17) is 0 Å². The van der Waals surface area contributed by atoms with E-state index in [1.165, 1.54) is 28.2 Å². The van der Waals surface area contributed by atoms with Gasteiger partial charge in [-0.1, -0.05) is 0 Å². The van der Waals surface area contributed by atoms with Crippen molar-refractivity contribution in [2.75, 3.05) is 0 Å². The molecule has 0 atom stereocenters. The van der Waals surface area contributed by atoms with Crippen molar-refractivity contribution in [3.05, 3.63) is 70.3 Å². The van der Waals surface area contributed by atoms with Gasteiger partial charge in [-0.25, -0.2) is 14.4 Å². The van der Waals surface area contributed by atoms with Crippen molar-refractivity contribution in [1.82, 2.24) is 18.8 Å². The Balaban J connectivity index is 1.76. The molecule has 0 N–H and O–H groups in total. The Labute approximate surface area is 142 Å². The van der Waals surface area contributed by atoms with Gasteiger partial charge < -0.3 is 4.40 Å². The summed E-state index contributed by atoms with van der Waals surface area (Å²) in [7, 11) is 0. The second kappa shape index (κ2) is 4.99. The molecule has 4 heterocycles. The Bertz CT molecular complexity index is 1200. The normalized spacial score (nSPS) is 14.5. The Morgan fingerprint density at radius 3 is 2.76 bits per heavy atom. The van der Waals surface area contributed by atoms with Crippen LogP contribution >= 0.6 is 0 Å². The minimum atomic E-state index is -0.463. The third-order valence-corrected chi connectivity index (χ3v) is 4.64. The molecule has 1 saturated carbocycles. The van der Waals surface area contributed by atoms with Crippen molar-refractivity contribution in [2.45, 2.75) is 25.7 Å². The number of aromatic nitrogens is 4. The van der Waals surface area contributed by atoms with E-state index in [-0.39, 0.29) is 5.56 Å². The molecule has 124 valence electrons. The Morgan fingerprint density at radius 1 is 1.12 bits per heavy atom. The van der Waals surface area contributed by atoms with Crippen LogP contribution in [0.4, 0.5) is 4.39 Å². The van der Waals surface area contributed by atoms with Crippen LogP contribution in [0.15, 0.2) is 47.7 Å². The number of hydrogen-bond acceptors (Lipinski definition) is 3. The largest absolute Gasteiger partial charge is 0.306 e. The van der Waals surface area contributed by atoms with Gasteiger partial charge in [-0.3, -0.25) is 9.20 Å². The van der Waals surface area contributed by atoms with Crippen LogP contribution in [0.25, 0.3) is 22.6 Å². The molecule has 4 aromatic heterocycles. The van der Waals surface area contributed by atoms with Gasteiger partial charge >= 0.3 is 0 Å². The lowest BCUT2D eigenvalue weighted by molar-refractivity contribution is 0.617. The first-order valence-electron chi connectivity index (χ1n) is 8.27. The van der Waals surface area contributed by atoms with Gasteiger partial charge in [0, 0.05) is 30.2 Å². The van der Waals surface area contributed by atoms with E-state index in [1.807, 2.05) is 23.7 Å². The Morgan fingerprint density at radius 2 is 1.96 bits per heavy atom. The second-order valence-corrected chi connectivity index (χ2v) is 6.63. The second-order valence-electron chi connectivity index (χ2n) is 6.63. The van der Waals surface area contributed by atoms with E-state index < -0.39 is 5.82 Å². The van der Waals surface area contributed by atoms with E-state index in [9.17, 15) is 9.18 Å². The quantitative estimate of drug-likeness (QED) is 0.565. The van der Waals surface area contributed by atoms with Gasteiger partial charge in [-0.2, -0.15) is 0 Å². The minimum absolute atomic E-state index is 0.297. The van der Waals surface area contributed by atoms with Gasteiger partial charge in [0.25, 0.3) is 5.56 Å². The minimum Gasteiger partial charge on any atom is -0.306 e. The number of rotatable bonds is 2. The molecule has 5 rings (SSSR count). The van der Waals surface area contributed by atoms with Crippen molar-refractivity contribution in [2.24, 2.45) is 0 Å². The summed E-state index contributed by atoms with van der Waals surface area (Å²) in [6.07, 6.45) is 7.42. The van der Waals surface area contributed by atoms with Crippen molar-refractivity contribution < 1.29 is 4.39 Å². The number of hydrogen-bond donors (Lipinski definition) is 0. The number of imidazole rings is 1. The maximum atomic E-state index is 13.4. The Hall–Kier alpha value is -3.02. The molecule has 4 aromatic rings. The fraction of sp³-hybridized carbons (Fsp3) is 0.211. The average Bonchev–Trinajstić information content (AvgIpc) is 3.35. The predicted molar refractivity (Wildman–Crippen MR) is 92.3 cm³/mol. The van der Waals surface area contributed by atoms with Crippen LogP contribution in [-0.4, -0.2) is 18.8 Å². The molecule has 0 unspecified atom stereocenters. The first-order chi connectivity index (χ1) is 12.1. The summed E-state index contributed by atoms with van der Waals surface area (Å²) in [6.45, 7) is 1.97. The summed E-state index contributed by atoms with van der Waals surface area (Å²) < 4.78 is 16.6. The maximum Gasteiger partial charge on any atom is 0.258 e. The molecule has 0 aliphatic heterocycles. The Kier molecular flexibility index (Phi) is 2.86. The number of nitrogens with zero attached hydrogens (tertiary/aromatic N) is 4. The van der Waals surface area contributed by atoms with E-state index in [1.54, 1.807) is 0 Å². The third-order valence-electron chi connectivity index (χ3n) is 4.64. The van der Waals surface area contributed by atoms with Crippen LogP contribution in [0.1, 0.15) is 30.0 Å². The molecule has 1 fully saturated rings. The van der Waals surface area contributed by atoms with Crippen molar-refractivity contribution in [3.8, 4) is 11.3 Å². The van der Waals surface area contributed by atoms with Gasteiger partial charge in [-0.15, -0.1) is 0 Å². The van der Waals surface area contributed by atoms with Crippen molar-refractivity contribution in [3.63, 3.8) is 0 Å². The van der Waals surface area contributed by atoms with Crippen molar-refractivity contribution >= 4 is 11.3 Å². The highest BCUT2D eigenvalue weighted by Crippen LogP contribution is 2.42. The summed E-state index contributed by atoms with van der Waals surface area (Å²) in [5.74, 6) is 0.0652. The first-order valence-corrected chi connectivity index (χ1v) is 8.27. The molecular weight excluding hydrogens is 319 g/mol. The highest BCUT2D eigenvalue weighted by Gasteiger charge is 2.27. The van der Waals surface area contributed by atoms with Crippen LogP contribution in [-0.2, 0) is 0 Å². The molecule has 6 heteroatoms. The SMILES string of the molecule is Cc1cn2cc(-c3cc(=O)n4cc(F)ccc4n3)cc(C3CC3)c2n1. The number of fused-ring (bicyclic) bond motifs is 2. The molecule has 0 radical (unpaired) electrons. The van der Waals surface area contributed by atoms with Gasteiger partial charge in [0.2, 0.25) is 0 Å². The van der Waals surface area contributed by atoms with Crippen LogP contribution in [0, 0.1) is 12.7 Å². The van der Waals surface area contributed by atoms with Crippen molar-refractivity contribution in [1.29, 1.82) is 0 Å². The number of aryl methyl sites for hydroxylation is 1. The highest BCUT2D eigenvalue weighted by atomic mass is 19.1. The van der Waals surface area contributed by atoms with Gasteiger partial charge in [-0.05, 0) is 49.4 Å². The third kappa shape index (κ3) is 2.33. The van der Waals surface area contributed by atoms with Gasteiger partial charge in [0.1, 0.15) is 17.1 Å². The summed E-state index contributed by atoms with van der Waals surface area (Å²) in [5.41, 5.74) is 4.73. The standard InChI is InChI=1S/C19H15FN4O/c1-11-8-23-9-13(6-15(12-2-3-12)19(23)21-11)16-7-18(25)24-10-14(20)4-5-17(24)22-16/h4-10,12H,2-3H2,1H3. The molecule has 1 aliphatic rings. The molecule has 0 bridgehead atoms. The lowest BCUT2D eigenvalue weighted by Gasteiger charge is -2.08. The lowest BCUT2D eigenvalue weighted by atomic mass is 10.1. The van der Waals surface area contributed by atoms with E-state index in [2.05, 4.69) is 16.0 Å². The van der Waals surface area contributed by atoms with E-state index >= 15 is 0 Å². The average molecular weight is 334 g/mol. The fourth-order valence-corrected chi connectivity index (χ4v) is 3.31. The molecule has 0 aromatic carbocycles. The topological polar surface area (TPSA) is 51.7 Å². The summed E-state index contributed by atoms with van der Waals surface area (Å²) in [6, 6.07) is 6.36. The molecule has 0 spiro atoms. The molecule has 5 nitrogen and oxygen atoms in total. The van der Waals surface area contributed by atoms with Crippen LogP contribution in [0.5, 0.6) is 0 Å². The maximum absolute atomic E-state index is 13.4. The summed E-state index contributed by atoms with van der Waals surface area (Å²) in [5, 5.41) is 0. The van der Waals surface area contributed by atoms with Gasteiger partial charge in [0.15, 0.2) is 0 Å². The van der Waals surface area contributed by atoms with Crippen LogP contribution in [0.3, 0.4) is 0 Å². The zero-order valence-corrected chi connectivity index (χ0v) is 13.6. The molecule has 1 aliphatic carbocycles. The first kappa shape index (κ1) is 14.3. The zero-order valence-electron chi connectivity index (χ0n) is 13.6. The summed E-state index contributed by atoms with van der Waals surface area (Å²) in [4.78, 5) is 21.5. The van der Waals surface area contributed by atoms with E-state index in [0.717, 1.165) is 35.9 Å².